The Balaban J connectivity index is 1.10. The number of phosphoric acid groups is 2. The first-order valence-corrected chi connectivity index (χ1v) is 20.3. The lowest BCUT2D eigenvalue weighted by Crippen LogP contribution is -2.48. The maximum atomic E-state index is 13.4. The number of aliphatic hydroxyl groups is 5. The highest BCUT2D eigenvalue weighted by molar-refractivity contribution is 7.61. The zero-order valence-corrected chi connectivity index (χ0v) is 32.8. The molecule has 3 aromatic heterocycles. The number of imidazole rings is 1. The van der Waals surface area contributed by atoms with Crippen LogP contribution in [0.3, 0.4) is 0 Å². The van der Waals surface area contributed by atoms with Crippen molar-refractivity contribution < 1.29 is 67.3 Å². The molecule has 1 amide bonds. The number of aromatic nitrogens is 6. The summed E-state index contributed by atoms with van der Waals surface area (Å²) in [5, 5.41) is 53.7. The maximum absolute atomic E-state index is 13.4. The largest absolute Gasteiger partial charge is 0.481 e. The van der Waals surface area contributed by atoms with Crippen molar-refractivity contribution in [1.29, 1.82) is 0 Å². The molecular weight excluding hydrogens is 816 g/mol. The Morgan fingerprint density at radius 2 is 1.62 bits per heavy atom. The van der Waals surface area contributed by atoms with E-state index >= 15 is 0 Å². The normalized spacial score (nSPS) is 23.0. The summed E-state index contributed by atoms with van der Waals surface area (Å²) in [5.41, 5.74) is 5.77. The lowest BCUT2D eigenvalue weighted by molar-refractivity contribution is -0.120. The molecule has 2 aliphatic heterocycles. The van der Waals surface area contributed by atoms with Crippen LogP contribution in [0, 0.1) is 19.8 Å². The van der Waals surface area contributed by atoms with Gasteiger partial charge in [0.1, 0.15) is 54.3 Å². The number of hydrogen-bond donors (Lipinski definition) is 10. The van der Waals surface area contributed by atoms with Crippen molar-refractivity contribution in [3.05, 3.63) is 56.8 Å². The first-order valence-electron chi connectivity index (χ1n) is 17.3. The summed E-state index contributed by atoms with van der Waals surface area (Å²) in [4.78, 5) is 78.1. The molecule has 1 aromatic carbocycles. The van der Waals surface area contributed by atoms with Crippen molar-refractivity contribution in [2.24, 2.45) is 5.92 Å². The molecule has 2 aliphatic rings. The summed E-state index contributed by atoms with van der Waals surface area (Å²) < 4.78 is 45.6. The van der Waals surface area contributed by atoms with Crippen molar-refractivity contribution >= 4 is 61.4 Å². The van der Waals surface area contributed by atoms with Gasteiger partial charge in [0.15, 0.2) is 23.4 Å². The van der Waals surface area contributed by atoms with Gasteiger partial charge in [0.05, 0.1) is 37.5 Å². The third-order valence-electron chi connectivity index (χ3n) is 9.40. The van der Waals surface area contributed by atoms with Gasteiger partial charge in [-0.1, -0.05) is 13.8 Å². The number of aliphatic hydroxyl groups excluding tert-OH is 5. The van der Waals surface area contributed by atoms with Crippen LogP contribution in [-0.4, -0.2) is 127 Å². The quantitative estimate of drug-likeness (QED) is 0.0668. The van der Waals surface area contributed by atoms with E-state index in [0.717, 1.165) is 16.8 Å². The molecular formula is C31H41N9O16P2. The van der Waals surface area contributed by atoms with E-state index in [1.807, 2.05) is 0 Å². The van der Waals surface area contributed by atoms with Crippen LogP contribution < -0.4 is 26.8 Å². The van der Waals surface area contributed by atoms with Crippen molar-refractivity contribution in [2.45, 2.75) is 70.5 Å². The molecule has 0 spiro atoms. The number of aromatic amines is 2. The van der Waals surface area contributed by atoms with E-state index < -0.39 is 101 Å². The Hall–Kier alpha value is -4.46. The fraction of sp³-hybridized carbons (Fsp3) is 0.484. The number of carbonyl (C=O) groups excluding carboxylic acids is 1. The van der Waals surface area contributed by atoms with E-state index in [9.17, 15) is 58.8 Å². The second-order valence-electron chi connectivity index (χ2n) is 13.8. The number of nitrogens with two attached hydrogens (primary N) is 1. The number of β-amino-alcohol motifs (C(OH)–C–C–N with tert-alkyl or cyclic N) is 1. The number of nitrogens with one attached hydrogen (secondary N) is 2. The Morgan fingerprint density at radius 1 is 0.966 bits per heavy atom. The number of nitrogen functional groups attached to an aromatic ring is 1. The molecule has 316 valence electrons. The molecule has 27 heteroatoms. The van der Waals surface area contributed by atoms with Crippen molar-refractivity contribution in [3.8, 4) is 0 Å². The van der Waals surface area contributed by atoms with Gasteiger partial charge >= 0.3 is 21.3 Å². The first-order chi connectivity index (χ1) is 27.1. The van der Waals surface area contributed by atoms with Gasteiger partial charge in [-0.3, -0.25) is 38.1 Å². The summed E-state index contributed by atoms with van der Waals surface area (Å²) >= 11 is 0. The van der Waals surface area contributed by atoms with Gasteiger partial charge in [-0.15, -0.1) is 0 Å². The highest BCUT2D eigenvalue weighted by Gasteiger charge is 2.47. The van der Waals surface area contributed by atoms with Crippen LogP contribution in [0.4, 0.5) is 28.7 Å². The van der Waals surface area contributed by atoms with Crippen molar-refractivity contribution in [1.82, 2.24) is 29.5 Å². The number of aryl methyl sites for hydroxylation is 2. The molecule has 1 fully saturated rings. The number of phosphoric ester groups is 2. The van der Waals surface area contributed by atoms with Gasteiger partial charge in [-0.25, -0.2) is 28.9 Å². The lowest BCUT2D eigenvalue weighted by Gasteiger charge is -2.40. The Bertz CT molecular complexity index is 2430. The van der Waals surface area contributed by atoms with Gasteiger partial charge in [0, 0.05) is 5.92 Å². The van der Waals surface area contributed by atoms with Gasteiger partial charge in [0.25, 0.3) is 5.56 Å². The molecule has 0 saturated carbocycles. The fourth-order valence-corrected chi connectivity index (χ4v) is 8.38. The molecule has 0 bridgehead atoms. The third kappa shape index (κ3) is 8.49. The molecule has 1 saturated heterocycles. The van der Waals surface area contributed by atoms with E-state index in [0.29, 0.717) is 5.56 Å². The maximum Gasteiger partial charge on any atom is 0.481 e. The zero-order valence-electron chi connectivity index (χ0n) is 31.0. The van der Waals surface area contributed by atoms with Crippen molar-refractivity contribution in [2.75, 3.05) is 35.3 Å². The minimum atomic E-state index is -5.59. The standard InChI is InChI=1S/C31H41N9O16P2/c1-12(2)29(47)40-16-6-14(4)13(3)5-15(16)38(27-21(40)28(46)37-31(48)36-27)7-17(41)22(43)18(42)8-53-57(49,50)56-58(51,52)54-9-19-23(44)24(45)30(55-19)39-11-35-20-25(32)33-10-34-26(20)39/h5-6,10-12,17-19,22-24,30,41-45H,7-9H2,1-4H3,(H,49,50)(H,51,52)(H2,32,33,34)(H2,36,37,46,48)/t17-,18+,19+,22-,23+,24+,30+/m0/s1. The second-order valence-corrected chi connectivity index (χ2v) is 16.9. The van der Waals surface area contributed by atoms with E-state index in [1.54, 1.807) is 39.8 Å². The van der Waals surface area contributed by atoms with Gasteiger partial charge in [-0.2, -0.15) is 4.31 Å². The number of H-pyrrole nitrogens is 2. The molecule has 4 aromatic rings. The monoisotopic (exact) mass is 857 g/mol. The SMILES string of the molecule is Cc1cc2c(cc1C)N(C(=O)C(C)C)c1c([nH]c(=O)[nH]c1=O)N2C[C@H](O)[C@H](O)[C@H](O)COP(=O)(O)OP(=O)(O)OC[C@H]1O[C@@H](n2cnc3c(N)ncnc32)[C@H](O)[C@@H]1O. The fourth-order valence-electron chi connectivity index (χ4n) is 6.29. The predicted octanol–water partition coefficient (Wildman–Crippen LogP) is -1.17. The number of hydrogen-bond acceptors (Lipinski definition) is 19. The molecule has 6 rings (SSSR count). The number of benzene rings is 1. The van der Waals surface area contributed by atoms with Gasteiger partial charge in [0.2, 0.25) is 5.91 Å². The van der Waals surface area contributed by atoms with Crippen LogP contribution in [0.1, 0.15) is 31.2 Å². The minimum absolute atomic E-state index is 0.0228. The summed E-state index contributed by atoms with van der Waals surface area (Å²) in [7, 11) is -11.1. The number of amides is 1. The Kier molecular flexibility index (Phi) is 12.1. The van der Waals surface area contributed by atoms with Crippen LogP contribution in [-0.2, 0) is 32.0 Å². The van der Waals surface area contributed by atoms with Crippen LogP contribution in [0.15, 0.2) is 34.4 Å². The highest BCUT2D eigenvalue weighted by atomic mass is 31.3. The second kappa shape index (κ2) is 16.3. The molecule has 5 heterocycles. The molecule has 0 aliphatic carbocycles. The van der Waals surface area contributed by atoms with E-state index in [1.165, 1.54) is 15.8 Å². The summed E-state index contributed by atoms with van der Waals surface area (Å²) in [6, 6.07) is 3.24. The average Bonchev–Trinajstić information content (AvgIpc) is 3.70. The third-order valence-corrected chi connectivity index (χ3v) is 12.0. The zero-order chi connectivity index (χ0) is 42.6. The lowest BCUT2D eigenvalue weighted by atomic mass is 10.0. The first kappa shape index (κ1) is 43.1. The van der Waals surface area contributed by atoms with E-state index in [-0.39, 0.29) is 39.9 Å². The molecule has 11 N–H and O–H groups in total. The number of rotatable bonds is 14. The Morgan fingerprint density at radius 3 is 2.29 bits per heavy atom. The summed E-state index contributed by atoms with van der Waals surface area (Å²) in [6.45, 7) is 3.85. The van der Waals surface area contributed by atoms with E-state index in [2.05, 4.69) is 33.8 Å². The number of fused-ring (bicyclic) bond motifs is 3. The van der Waals surface area contributed by atoms with Gasteiger partial charge in [-0.05, 0) is 37.1 Å². The smallest absolute Gasteiger partial charge is 0.388 e. The van der Waals surface area contributed by atoms with Crippen LogP contribution >= 0.6 is 15.6 Å². The van der Waals surface area contributed by atoms with Crippen LogP contribution in [0.25, 0.3) is 11.2 Å². The minimum Gasteiger partial charge on any atom is -0.388 e. The van der Waals surface area contributed by atoms with E-state index in [4.69, 9.17) is 15.0 Å². The predicted molar refractivity (Wildman–Crippen MR) is 199 cm³/mol. The summed E-state index contributed by atoms with van der Waals surface area (Å²) in [6.07, 6.45) is -10.2. The molecule has 9 atom stereocenters. The molecule has 0 radical (unpaired) electrons. The number of anilines is 5. The molecule has 2 unspecified atom stereocenters. The van der Waals surface area contributed by atoms with Crippen molar-refractivity contribution in [3.63, 3.8) is 0 Å². The summed E-state index contributed by atoms with van der Waals surface area (Å²) in [5.74, 6) is -1.31. The van der Waals surface area contributed by atoms with Crippen LogP contribution in [0.5, 0.6) is 0 Å². The number of carbonyl (C=O) groups is 1. The molecule has 58 heavy (non-hydrogen) atoms. The average molecular weight is 858 g/mol. The Labute approximate surface area is 326 Å². The number of nitrogens with zero attached hydrogens (tertiary/aromatic N) is 6. The number of ether oxygens (including phenoxy) is 1. The molecule has 25 nitrogen and oxygen atoms in total. The van der Waals surface area contributed by atoms with Crippen LogP contribution in [0.2, 0.25) is 0 Å². The highest BCUT2D eigenvalue weighted by Crippen LogP contribution is 2.60. The van der Waals surface area contributed by atoms with Gasteiger partial charge < -0.3 is 50.7 Å². The topological polar surface area (TPSA) is 372 Å².